The summed E-state index contributed by atoms with van der Waals surface area (Å²) in [5, 5.41) is 11.5. The number of anilines is 3. The van der Waals surface area contributed by atoms with Gasteiger partial charge >= 0.3 is 5.97 Å². The number of esters is 1. The van der Waals surface area contributed by atoms with Gasteiger partial charge in [0.25, 0.3) is 5.91 Å². The van der Waals surface area contributed by atoms with E-state index in [1.165, 1.54) is 11.3 Å². The van der Waals surface area contributed by atoms with Crippen LogP contribution in [-0.4, -0.2) is 32.2 Å². The number of rotatable bonds is 10. The molecule has 40 heavy (non-hydrogen) atoms. The van der Waals surface area contributed by atoms with Gasteiger partial charge in [-0.3, -0.25) is 14.3 Å². The van der Waals surface area contributed by atoms with E-state index < -0.39 is 23.4 Å². The van der Waals surface area contributed by atoms with E-state index in [9.17, 15) is 9.59 Å². The number of fused-ring (bicyclic) bond motifs is 1. The van der Waals surface area contributed by atoms with Crippen molar-refractivity contribution in [3.63, 3.8) is 0 Å². The molecule has 212 valence electrons. The summed E-state index contributed by atoms with van der Waals surface area (Å²) in [4.78, 5) is 30.1. The van der Waals surface area contributed by atoms with Crippen molar-refractivity contribution in [3.8, 4) is 0 Å². The lowest BCUT2D eigenvalue weighted by Gasteiger charge is -2.27. The van der Waals surface area contributed by atoms with Gasteiger partial charge in [0.05, 0.1) is 39.8 Å². The van der Waals surface area contributed by atoms with Crippen LogP contribution in [0, 0.1) is 11.7 Å². The first-order valence-corrected chi connectivity index (χ1v) is 14.0. The molecule has 3 heterocycles. The number of benzene rings is 1. The van der Waals surface area contributed by atoms with Crippen LogP contribution in [0.3, 0.4) is 0 Å². The van der Waals surface area contributed by atoms with Gasteiger partial charge in [-0.15, -0.1) is 11.3 Å². The highest BCUT2D eigenvalue weighted by Gasteiger charge is 2.28. The van der Waals surface area contributed by atoms with Crippen LogP contribution in [0.1, 0.15) is 62.3 Å². The molecule has 0 aliphatic rings. The number of carbonyl (C=O) groups excluding carboxylic acids is 2. The molecule has 2 atom stereocenters. The molecule has 1 aromatic carbocycles. The Kier molecular flexibility index (Phi) is 8.65. The fraction of sp³-hybridized carbons (Fsp3) is 0.357. The number of nitrogens with zero attached hydrogens (tertiary/aromatic N) is 3. The SMILES string of the molecule is CCn1ncc2c(Nc3nc(N[C@H](c4ccc(Cl)s4)[C@H](C)CC(=O)OC(C)(C)C)c(F)cc3C(N)=O)cccc21. The summed E-state index contributed by atoms with van der Waals surface area (Å²) in [6.07, 6.45) is 1.78. The van der Waals surface area contributed by atoms with Crippen LogP contribution in [0.15, 0.2) is 42.6 Å². The maximum Gasteiger partial charge on any atom is 0.306 e. The third kappa shape index (κ3) is 6.71. The van der Waals surface area contributed by atoms with Gasteiger partial charge in [-0.2, -0.15) is 5.10 Å². The fourth-order valence-corrected chi connectivity index (χ4v) is 5.61. The average molecular weight is 587 g/mol. The zero-order valence-electron chi connectivity index (χ0n) is 22.9. The molecule has 0 radical (unpaired) electrons. The molecule has 0 saturated heterocycles. The molecule has 3 aromatic heterocycles. The molecule has 0 unspecified atom stereocenters. The number of primary amides is 1. The highest BCUT2D eigenvalue weighted by molar-refractivity contribution is 7.16. The van der Waals surface area contributed by atoms with E-state index in [2.05, 4.69) is 20.7 Å². The number of thiophene rings is 1. The van der Waals surface area contributed by atoms with Crippen LogP contribution >= 0.6 is 22.9 Å². The van der Waals surface area contributed by atoms with Crippen LogP contribution in [0.4, 0.5) is 21.7 Å². The number of aryl methyl sites for hydroxylation is 1. The Hall–Kier alpha value is -3.70. The lowest BCUT2D eigenvalue weighted by atomic mass is 9.96. The number of nitrogens with two attached hydrogens (primary N) is 1. The second kappa shape index (κ2) is 11.8. The summed E-state index contributed by atoms with van der Waals surface area (Å²) in [5.41, 5.74) is 6.36. The third-order valence-electron chi connectivity index (χ3n) is 6.15. The summed E-state index contributed by atoms with van der Waals surface area (Å²) in [6, 6.07) is 9.65. The van der Waals surface area contributed by atoms with Gasteiger partial charge < -0.3 is 21.1 Å². The molecule has 1 amide bonds. The van der Waals surface area contributed by atoms with Gasteiger partial charge in [-0.05, 0) is 63.9 Å². The number of amides is 1. The standard InChI is InChI=1S/C28H32ClFN6O3S/c1-6-36-20-9-7-8-19(17(20)14-32-36)33-26-16(25(31)38)13-18(30)27(35-26)34-24(21-10-11-22(29)40-21)15(2)12-23(37)39-28(3,4)5/h7-11,13-15,24H,6,12H2,1-5H3,(H2,31,38)(H2,33,34,35)/t15-,24+/m1/s1. The number of hydrogen-bond donors (Lipinski definition) is 3. The molecule has 0 saturated carbocycles. The average Bonchev–Trinajstić information content (AvgIpc) is 3.48. The summed E-state index contributed by atoms with van der Waals surface area (Å²) >= 11 is 7.52. The predicted molar refractivity (Wildman–Crippen MR) is 157 cm³/mol. The number of aromatic nitrogens is 3. The molecule has 4 rings (SSSR count). The highest BCUT2D eigenvalue weighted by atomic mass is 35.5. The predicted octanol–water partition coefficient (Wildman–Crippen LogP) is 6.67. The van der Waals surface area contributed by atoms with Gasteiger partial charge in [0.1, 0.15) is 11.4 Å². The van der Waals surface area contributed by atoms with E-state index >= 15 is 4.39 Å². The second-order valence-electron chi connectivity index (χ2n) is 10.4. The van der Waals surface area contributed by atoms with Gasteiger partial charge in [0.15, 0.2) is 11.6 Å². The van der Waals surface area contributed by atoms with E-state index in [0.29, 0.717) is 16.6 Å². The number of ether oxygens (including phenoxy) is 1. The van der Waals surface area contributed by atoms with Crippen molar-refractivity contribution >= 4 is 63.0 Å². The van der Waals surface area contributed by atoms with Crippen molar-refractivity contribution in [2.24, 2.45) is 11.7 Å². The molecule has 0 fully saturated rings. The fourth-order valence-electron chi connectivity index (χ4n) is 4.37. The number of carbonyl (C=O) groups is 2. The van der Waals surface area contributed by atoms with Crippen LogP contribution in [0.5, 0.6) is 0 Å². The Morgan fingerprint density at radius 3 is 2.60 bits per heavy atom. The molecule has 0 aliphatic heterocycles. The first kappa shape index (κ1) is 29.3. The molecular formula is C28H32ClFN6O3S. The van der Waals surface area contributed by atoms with Gasteiger partial charge in [-0.1, -0.05) is 24.6 Å². The van der Waals surface area contributed by atoms with E-state index in [1.807, 2.05) is 42.8 Å². The molecule has 0 aliphatic carbocycles. The van der Waals surface area contributed by atoms with Crippen molar-refractivity contribution in [3.05, 3.63) is 63.2 Å². The van der Waals surface area contributed by atoms with Crippen LogP contribution in [-0.2, 0) is 16.1 Å². The molecule has 9 nitrogen and oxygen atoms in total. The molecule has 12 heteroatoms. The lowest BCUT2D eigenvalue weighted by molar-refractivity contribution is -0.155. The third-order valence-corrected chi connectivity index (χ3v) is 7.47. The Morgan fingerprint density at radius 2 is 1.98 bits per heavy atom. The normalized spacial score (nSPS) is 13.2. The minimum atomic E-state index is -0.836. The summed E-state index contributed by atoms with van der Waals surface area (Å²) in [6.45, 7) is 9.91. The van der Waals surface area contributed by atoms with Crippen molar-refractivity contribution in [1.82, 2.24) is 14.8 Å². The molecule has 4 aromatic rings. The monoisotopic (exact) mass is 586 g/mol. The van der Waals surface area contributed by atoms with Crippen LogP contribution < -0.4 is 16.4 Å². The summed E-state index contributed by atoms with van der Waals surface area (Å²) in [5.74, 6) is -2.35. The summed E-state index contributed by atoms with van der Waals surface area (Å²) < 4.78 is 23.3. The van der Waals surface area contributed by atoms with Crippen molar-refractivity contribution in [2.45, 2.75) is 59.2 Å². The molecule has 4 N–H and O–H groups in total. The lowest BCUT2D eigenvalue weighted by Crippen LogP contribution is -2.28. The second-order valence-corrected chi connectivity index (χ2v) is 12.2. The van der Waals surface area contributed by atoms with Gasteiger partial charge in [0, 0.05) is 16.8 Å². The quantitative estimate of drug-likeness (QED) is 0.177. The number of hydrogen-bond acceptors (Lipinski definition) is 8. The Labute approximate surface area is 240 Å². The zero-order valence-corrected chi connectivity index (χ0v) is 24.5. The van der Waals surface area contributed by atoms with Crippen LogP contribution in [0.2, 0.25) is 4.34 Å². The molecule has 0 bridgehead atoms. The smallest absolute Gasteiger partial charge is 0.306 e. The maximum absolute atomic E-state index is 15.4. The Bertz CT molecular complexity index is 1550. The van der Waals surface area contributed by atoms with Crippen molar-refractivity contribution < 1.29 is 18.7 Å². The zero-order chi connectivity index (χ0) is 29.2. The van der Waals surface area contributed by atoms with Crippen LogP contribution in [0.25, 0.3) is 10.9 Å². The largest absolute Gasteiger partial charge is 0.460 e. The van der Waals surface area contributed by atoms with Crippen molar-refractivity contribution in [2.75, 3.05) is 10.6 Å². The number of nitrogens with one attached hydrogen (secondary N) is 2. The summed E-state index contributed by atoms with van der Waals surface area (Å²) in [7, 11) is 0. The molecular weight excluding hydrogens is 555 g/mol. The minimum Gasteiger partial charge on any atom is -0.460 e. The van der Waals surface area contributed by atoms with E-state index in [0.717, 1.165) is 21.8 Å². The Balaban J connectivity index is 1.70. The number of pyridine rings is 1. The minimum absolute atomic E-state index is 0.0694. The first-order chi connectivity index (χ1) is 18.9. The Morgan fingerprint density at radius 1 is 1.23 bits per heavy atom. The van der Waals surface area contributed by atoms with E-state index in [-0.39, 0.29) is 35.5 Å². The number of halogens is 2. The first-order valence-electron chi connectivity index (χ1n) is 12.8. The van der Waals surface area contributed by atoms with Crippen molar-refractivity contribution in [1.29, 1.82) is 0 Å². The van der Waals surface area contributed by atoms with Gasteiger partial charge in [0.2, 0.25) is 0 Å². The van der Waals surface area contributed by atoms with E-state index in [1.54, 1.807) is 33.0 Å². The van der Waals surface area contributed by atoms with Gasteiger partial charge in [-0.25, -0.2) is 9.37 Å². The molecule has 0 spiro atoms. The van der Waals surface area contributed by atoms with E-state index in [4.69, 9.17) is 22.1 Å². The maximum atomic E-state index is 15.4. The highest BCUT2D eigenvalue weighted by Crippen LogP contribution is 2.37. The topological polar surface area (TPSA) is 124 Å².